The zero-order valence-corrected chi connectivity index (χ0v) is 15.2. The first-order chi connectivity index (χ1) is 12.1. The van der Waals surface area contributed by atoms with Gasteiger partial charge in [0.1, 0.15) is 11.6 Å². The van der Waals surface area contributed by atoms with Crippen LogP contribution in [0.15, 0.2) is 0 Å². The Bertz CT molecular complexity index is 664. The molecule has 2 heterocycles. The third-order valence-corrected chi connectivity index (χ3v) is 5.47. The first-order valence-electron chi connectivity index (χ1n) is 9.19. The molecule has 0 spiro atoms. The Morgan fingerprint density at radius 3 is 2.76 bits per heavy atom. The largest absolute Gasteiger partial charge is 0.317 e. The Hall–Kier alpha value is -1.96. The normalized spacial score (nSPS) is 22.0. The number of rotatable bonds is 8. The lowest BCUT2D eigenvalue weighted by Crippen LogP contribution is -2.36. The third-order valence-electron chi connectivity index (χ3n) is 5.47. The molecule has 1 aliphatic heterocycles. The summed E-state index contributed by atoms with van der Waals surface area (Å²) in [6.45, 7) is 3.59. The average molecular weight is 341 g/mol. The molecule has 7 nitrogen and oxygen atoms in total. The van der Waals surface area contributed by atoms with Crippen LogP contribution in [0.3, 0.4) is 0 Å². The molecule has 134 valence electrons. The summed E-state index contributed by atoms with van der Waals surface area (Å²) in [4.78, 5) is 4.72. The van der Waals surface area contributed by atoms with Crippen LogP contribution < -0.4 is 0 Å². The second-order valence-corrected chi connectivity index (χ2v) is 7.45. The van der Waals surface area contributed by atoms with Crippen molar-refractivity contribution in [3.8, 4) is 12.1 Å². The van der Waals surface area contributed by atoms with Gasteiger partial charge in [0.15, 0.2) is 0 Å². The zero-order chi connectivity index (χ0) is 17.8. The van der Waals surface area contributed by atoms with E-state index in [0.29, 0.717) is 24.8 Å². The average Bonchev–Trinajstić information content (AvgIpc) is 3.24. The lowest BCUT2D eigenvalue weighted by molar-refractivity contribution is 0.212. The molecule has 0 amide bonds. The molecule has 0 N–H and O–H groups in total. The van der Waals surface area contributed by atoms with Crippen LogP contribution in [0, 0.1) is 28.6 Å². The molecule has 25 heavy (non-hydrogen) atoms. The van der Waals surface area contributed by atoms with E-state index in [1.165, 1.54) is 12.8 Å². The van der Waals surface area contributed by atoms with E-state index in [0.717, 1.165) is 44.2 Å². The van der Waals surface area contributed by atoms with Crippen molar-refractivity contribution < 1.29 is 0 Å². The summed E-state index contributed by atoms with van der Waals surface area (Å²) in [5.74, 6) is 2.75. The fourth-order valence-electron chi connectivity index (χ4n) is 3.65. The fourth-order valence-corrected chi connectivity index (χ4v) is 3.65. The van der Waals surface area contributed by atoms with Crippen molar-refractivity contribution in [2.24, 2.45) is 13.0 Å². The van der Waals surface area contributed by atoms with Crippen LogP contribution in [0.1, 0.15) is 49.7 Å². The molecular weight excluding hydrogens is 314 g/mol. The van der Waals surface area contributed by atoms with Gasteiger partial charge in [0, 0.05) is 38.5 Å². The van der Waals surface area contributed by atoms with Gasteiger partial charge in [-0.15, -0.1) is 10.2 Å². The number of nitriles is 2. The summed E-state index contributed by atoms with van der Waals surface area (Å²) in [6, 6.07) is 4.97. The molecule has 1 aliphatic carbocycles. The first-order valence-corrected chi connectivity index (χ1v) is 9.19. The van der Waals surface area contributed by atoms with Crippen molar-refractivity contribution >= 4 is 0 Å². The third kappa shape index (κ3) is 4.36. The second-order valence-electron chi connectivity index (χ2n) is 7.45. The highest BCUT2D eigenvalue weighted by atomic mass is 15.3. The van der Waals surface area contributed by atoms with Gasteiger partial charge in [-0.2, -0.15) is 10.5 Å². The van der Waals surface area contributed by atoms with Crippen molar-refractivity contribution in [1.29, 1.82) is 10.5 Å². The van der Waals surface area contributed by atoms with Crippen LogP contribution in [0.5, 0.6) is 0 Å². The second kappa shape index (κ2) is 7.95. The number of nitrogens with zero attached hydrogens (tertiary/aromatic N) is 7. The van der Waals surface area contributed by atoms with Crippen LogP contribution in [0.25, 0.3) is 0 Å². The summed E-state index contributed by atoms with van der Waals surface area (Å²) in [6.07, 6.45) is 4.73. The van der Waals surface area contributed by atoms with E-state index >= 15 is 0 Å². The van der Waals surface area contributed by atoms with Crippen molar-refractivity contribution in [2.75, 3.05) is 26.7 Å². The lowest BCUT2D eigenvalue weighted by atomic mass is 10.1. The van der Waals surface area contributed by atoms with E-state index in [-0.39, 0.29) is 5.92 Å². The van der Waals surface area contributed by atoms with E-state index in [9.17, 15) is 5.26 Å². The minimum absolute atomic E-state index is 0.0384. The van der Waals surface area contributed by atoms with Gasteiger partial charge >= 0.3 is 0 Å². The maximum atomic E-state index is 9.25. The van der Waals surface area contributed by atoms with Crippen LogP contribution in [-0.2, 0) is 13.6 Å². The number of likely N-dealkylation sites (N-methyl/N-ethyl adjacent to an activating group) is 1. The minimum atomic E-state index is -0.0384. The van der Waals surface area contributed by atoms with Crippen molar-refractivity contribution in [1.82, 2.24) is 24.6 Å². The van der Waals surface area contributed by atoms with E-state index < -0.39 is 0 Å². The van der Waals surface area contributed by atoms with Gasteiger partial charge in [0.2, 0.25) is 0 Å². The van der Waals surface area contributed by atoms with Gasteiger partial charge in [-0.1, -0.05) is 0 Å². The highest BCUT2D eigenvalue weighted by Gasteiger charge is 2.31. The zero-order valence-electron chi connectivity index (χ0n) is 15.2. The van der Waals surface area contributed by atoms with Crippen LogP contribution in [0.4, 0.5) is 0 Å². The molecule has 1 saturated heterocycles. The molecule has 2 unspecified atom stereocenters. The molecule has 1 aromatic rings. The van der Waals surface area contributed by atoms with Gasteiger partial charge < -0.3 is 9.47 Å². The molecule has 0 bridgehead atoms. The summed E-state index contributed by atoms with van der Waals surface area (Å²) in [5, 5.41) is 26.7. The fraction of sp³-hybridized carbons (Fsp3) is 0.778. The minimum Gasteiger partial charge on any atom is -0.317 e. The van der Waals surface area contributed by atoms with Crippen LogP contribution >= 0.6 is 0 Å². The summed E-state index contributed by atoms with van der Waals surface area (Å²) >= 11 is 0. The van der Waals surface area contributed by atoms with E-state index in [1.807, 2.05) is 0 Å². The van der Waals surface area contributed by atoms with Crippen molar-refractivity contribution in [2.45, 2.75) is 50.6 Å². The van der Waals surface area contributed by atoms with Gasteiger partial charge in [0.25, 0.3) is 0 Å². The predicted octanol–water partition coefficient (Wildman–Crippen LogP) is 1.64. The number of likely N-dealkylation sites (tertiary alicyclic amines) is 1. The SMILES string of the molecule is CN(Cc1nnc(C2CC2)n1C)C1CCN(CC(C#N)CCC#N)C1. The van der Waals surface area contributed by atoms with Gasteiger partial charge in [-0.05, 0) is 39.3 Å². The Kier molecular flexibility index (Phi) is 5.67. The Labute approximate surface area is 149 Å². The topological polar surface area (TPSA) is 84.8 Å². The quantitative estimate of drug-likeness (QED) is 0.715. The van der Waals surface area contributed by atoms with Gasteiger partial charge in [0.05, 0.1) is 24.6 Å². The smallest absolute Gasteiger partial charge is 0.146 e. The first kappa shape index (κ1) is 17.8. The van der Waals surface area contributed by atoms with E-state index in [2.05, 4.69) is 50.8 Å². The number of hydrogen-bond acceptors (Lipinski definition) is 6. The predicted molar refractivity (Wildman–Crippen MR) is 93.2 cm³/mol. The molecule has 1 saturated carbocycles. The molecule has 7 heteroatoms. The monoisotopic (exact) mass is 341 g/mol. The summed E-state index contributed by atoms with van der Waals surface area (Å²) in [7, 11) is 4.22. The molecule has 0 radical (unpaired) electrons. The Balaban J connectivity index is 1.50. The molecule has 0 aromatic carbocycles. The number of hydrogen-bond donors (Lipinski definition) is 0. The summed E-state index contributed by atoms with van der Waals surface area (Å²) < 4.78 is 2.16. The molecule has 1 aromatic heterocycles. The standard InChI is InChI=1S/C18H27N7/c1-23(13-17-21-22-18(24(17)2)15-5-6-15)16-7-9-25(12-16)11-14(10-20)4-3-8-19/h14-16H,3-7,9,11-13H2,1-2H3. The highest BCUT2D eigenvalue weighted by molar-refractivity contribution is 5.08. The van der Waals surface area contributed by atoms with Crippen molar-refractivity contribution in [3.05, 3.63) is 11.6 Å². The Morgan fingerprint density at radius 2 is 2.08 bits per heavy atom. The van der Waals surface area contributed by atoms with E-state index in [4.69, 9.17) is 5.26 Å². The van der Waals surface area contributed by atoms with Crippen molar-refractivity contribution in [3.63, 3.8) is 0 Å². The molecule has 2 aliphatic rings. The van der Waals surface area contributed by atoms with Crippen LogP contribution in [0.2, 0.25) is 0 Å². The van der Waals surface area contributed by atoms with Crippen LogP contribution in [-0.4, -0.2) is 57.3 Å². The summed E-state index contributed by atoms with van der Waals surface area (Å²) in [5.41, 5.74) is 0. The molecule has 2 fully saturated rings. The molecular formula is C18H27N7. The van der Waals surface area contributed by atoms with Gasteiger partial charge in [-0.25, -0.2) is 0 Å². The highest BCUT2D eigenvalue weighted by Crippen LogP contribution is 2.38. The molecule has 2 atom stereocenters. The molecule has 3 rings (SSSR count). The van der Waals surface area contributed by atoms with Gasteiger partial charge in [-0.3, -0.25) is 4.90 Å². The lowest BCUT2D eigenvalue weighted by Gasteiger charge is -2.25. The number of aromatic nitrogens is 3. The Morgan fingerprint density at radius 1 is 1.28 bits per heavy atom. The maximum absolute atomic E-state index is 9.25. The van der Waals surface area contributed by atoms with E-state index in [1.54, 1.807) is 0 Å². The maximum Gasteiger partial charge on any atom is 0.146 e.